The van der Waals surface area contributed by atoms with Gasteiger partial charge in [0.05, 0.1) is 77.3 Å². The molecule has 3 aliphatic rings. The van der Waals surface area contributed by atoms with Gasteiger partial charge in [-0.1, -0.05) is 25.7 Å². The van der Waals surface area contributed by atoms with Crippen LogP contribution >= 0.6 is 11.3 Å². The minimum absolute atomic E-state index is 0.189. The average Bonchev–Trinajstić information content (AvgIpc) is 3.37. The van der Waals surface area contributed by atoms with Crippen LogP contribution in [0.15, 0.2) is 10.5 Å². The van der Waals surface area contributed by atoms with Crippen molar-refractivity contribution in [2.24, 2.45) is 5.16 Å². The Morgan fingerprint density at radius 1 is 0.842 bits per heavy atom. The number of thiazole rings is 1. The fraction of sp³-hybridized carbons (Fsp3) is 0.808. The van der Waals surface area contributed by atoms with E-state index < -0.39 is 0 Å². The first kappa shape index (κ1) is 31.8. The molecule has 4 rings (SSSR count). The number of nitriles is 1. The Hall–Kier alpha value is -0.728. The number of oxime groups is 1. The number of aryl methyl sites for hydroxylation is 1. The summed E-state index contributed by atoms with van der Waals surface area (Å²) in [5.74, 6) is 0. The maximum absolute atomic E-state index is 8.64. The summed E-state index contributed by atoms with van der Waals surface area (Å²) >= 11 is 1.70. The number of hydrogen-bond acceptors (Lipinski definition) is 11. The minimum atomic E-state index is 0.189. The third-order valence-electron chi connectivity index (χ3n) is 6.59. The van der Waals surface area contributed by atoms with E-state index in [0.717, 1.165) is 31.4 Å². The summed E-state index contributed by atoms with van der Waals surface area (Å²) in [5, 5.41) is 14.7. The quantitative estimate of drug-likeness (QED) is 0.255. The van der Waals surface area contributed by atoms with E-state index in [4.69, 9.17) is 33.7 Å². The number of aromatic nitrogens is 1. The average molecular weight is 743 g/mol. The Morgan fingerprint density at radius 3 is 1.58 bits per heavy atom. The molecule has 1 aliphatic heterocycles. The normalized spacial score (nSPS) is 28.7. The second-order valence-electron chi connectivity index (χ2n) is 9.38. The van der Waals surface area contributed by atoms with Gasteiger partial charge in [-0.15, -0.1) is 0 Å². The molecule has 0 aromatic carbocycles. The monoisotopic (exact) mass is 743 g/mol. The first-order valence-electron chi connectivity index (χ1n) is 13.6. The first-order valence-corrected chi connectivity index (χ1v) is 16.3. The van der Waals surface area contributed by atoms with Gasteiger partial charge in [0.15, 0.2) is 0 Å². The van der Waals surface area contributed by atoms with E-state index in [0.29, 0.717) is 84.1 Å². The zero-order chi connectivity index (χ0) is 26.8. The van der Waals surface area contributed by atoms with Crippen LogP contribution in [-0.2, 0) is 31.2 Å². The van der Waals surface area contributed by atoms with Crippen molar-refractivity contribution in [3.8, 4) is 6.07 Å². The molecule has 0 radical (unpaired) electrons. The van der Waals surface area contributed by atoms with Crippen LogP contribution in [0.5, 0.6) is 0 Å². The van der Waals surface area contributed by atoms with E-state index in [1.807, 2.05) is 18.4 Å². The molecule has 1 saturated heterocycles. The van der Waals surface area contributed by atoms with Crippen molar-refractivity contribution in [3.63, 3.8) is 0 Å². The molecule has 1 aromatic heterocycles. The number of fused-ring (bicyclic) bond motifs is 2. The second kappa shape index (κ2) is 19.4. The van der Waals surface area contributed by atoms with Gasteiger partial charge in [-0.25, -0.2) is 0 Å². The molecule has 3 fully saturated rings. The van der Waals surface area contributed by atoms with Gasteiger partial charge in [-0.3, -0.25) is 0 Å². The summed E-state index contributed by atoms with van der Waals surface area (Å²) in [6.45, 7) is 6.80. The molecule has 4 atom stereocenters. The first-order chi connectivity index (χ1) is 18.7. The molecule has 12 heteroatoms. The van der Waals surface area contributed by atoms with Crippen LogP contribution in [0.3, 0.4) is 0 Å². The van der Waals surface area contributed by atoms with Gasteiger partial charge in [0.2, 0.25) is 0 Å². The zero-order valence-electron chi connectivity index (χ0n) is 22.4. The van der Waals surface area contributed by atoms with E-state index >= 15 is 0 Å². The Labute approximate surface area is 246 Å². The molecular weight excluding hydrogens is 703 g/mol. The van der Waals surface area contributed by atoms with Crippen molar-refractivity contribution >= 4 is 43.3 Å². The summed E-state index contributed by atoms with van der Waals surface area (Å²) in [6.07, 6.45) is 9.93. The summed E-state index contributed by atoms with van der Waals surface area (Å²) in [7, 11) is 0. The van der Waals surface area contributed by atoms with Gasteiger partial charge in [0.1, 0.15) is 0 Å². The number of nitrogens with zero attached hydrogens (tertiary/aromatic N) is 3. The van der Waals surface area contributed by atoms with Crippen LogP contribution in [0.2, 0.25) is 0 Å². The molecule has 10 nitrogen and oxygen atoms in total. The van der Waals surface area contributed by atoms with Crippen LogP contribution in [-0.4, -0.2) is 114 Å². The maximum atomic E-state index is 8.64. The van der Waals surface area contributed by atoms with E-state index in [1.54, 1.807) is 0 Å². The number of rotatable bonds is 2. The van der Waals surface area contributed by atoms with Crippen molar-refractivity contribution in [3.05, 3.63) is 16.1 Å². The standard InChI is InChI=1S/C20H36O6.C6H5N3OS.Tl/c1-2-6-18-17(5-1)23-13-9-21-11-15-25-19-7-3-4-8-20(19)26-16-12-22-10-14-24-18;1-4-3-11-6(8-4)5(2-7)9-10;/h17-20H,1-16H2;3,10H,1H3;/q;;+1/p-1. The van der Waals surface area contributed by atoms with E-state index in [-0.39, 0.29) is 30.1 Å². The van der Waals surface area contributed by atoms with Crippen LogP contribution in [0, 0.1) is 18.3 Å². The van der Waals surface area contributed by atoms with E-state index in [2.05, 4.69) is 12.9 Å². The number of ether oxygens (including phenoxy) is 6. The molecule has 0 bridgehead atoms. The Bertz CT molecular complexity index is 787. The van der Waals surface area contributed by atoms with E-state index in [9.17, 15) is 0 Å². The van der Waals surface area contributed by atoms with Gasteiger partial charge in [-0.05, 0) is 25.7 Å². The van der Waals surface area contributed by atoms with Crippen LogP contribution < -0.4 is 0 Å². The van der Waals surface area contributed by atoms with Gasteiger partial charge in [0.25, 0.3) is 0 Å². The predicted molar refractivity (Wildman–Crippen MR) is 143 cm³/mol. The molecule has 2 heterocycles. The van der Waals surface area contributed by atoms with Crippen molar-refractivity contribution in [2.75, 3.05) is 52.9 Å². The van der Waals surface area contributed by atoms with Crippen LogP contribution in [0.25, 0.3) is 0 Å². The molecule has 210 valence electrons. The Kier molecular flexibility index (Phi) is 16.2. The van der Waals surface area contributed by atoms with Crippen molar-refractivity contribution < 1.29 is 31.2 Å². The van der Waals surface area contributed by atoms with Crippen molar-refractivity contribution in [1.29, 1.82) is 5.26 Å². The number of hydrogen-bond donors (Lipinski definition) is 0. The van der Waals surface area contributed by atoms with Gasteiger partial charge in [-0.2, -0.15) is 0 Å². The topological polar surface area (TPSA) is 114 Å². The fourth-order valence-corrected chi connectivity index (χ4v) is 5.88. The van der Waals surface area contributed by atoms with Gasteiger partial charge < -0.3 is 28.4 Å². The zero-order valence-corrected chi connectivity index (χ0v) is 27.7. The van der Waals surface area contributed by atoms with Crippen LogP contribution in [0.4, 0.5) is 0 Å². The van der Waals surface area contributed by atoms with Gasteiger partial charge in [0, 0.05) is 0 Å². The van der Waals surface area contributed by atoms with Gasteiger partial charge >= 0.3 is 90.5 Å². The molecule has 2 aliphatic carbocycles. The predicted octanol–water partition coefficient (Wildman–Crippen LogP) is 3.50. The third-order valence-corrected chi connectivity index (χ3v) is 7.97. The molecule has 0 amide bonds. The molecule has 0 N–H and O–H groups in total. The SMILES string of the molecule is C1CCC2OCCOCCOC3CCCCC3OCCOCCOC2C1.Cc1csc(C(C#N)=N[O][Tl])n1. The van der Waals surface area contributed by atoms with Crippen LogP contribution in [0.1, 0.15) is 62.1 Å². The summed E-state index contributed by atoms with van der Waals surface area (Å²) in [6, 6.07) is 1.93. The summed E-state index contributed by atoms with van der Waals surface area (Å²) in [4.78, 5) is 4.10. The Balaban J connectivity index is 0.000000279. The van der Waals surface area contributed by atoms with Crippen molar-refractivity contribution in [2.45, 2.75) is 82.7 Å². The molecule has 2 saturated carbocycles. The third kappa shape index (κ3) is 11.8. The van der Waals surface area contributed by atoms with Crippen molar-refractivity contribution in [1.82, 2.24) is 4.98 Å². The molecular formula is C26H40N3O7STl. The molecule has 1 aromatic rings. The fourth-order valence-electron chi connectivity index (χ4n) is 4.75. The summed E-state index contributed by atoms with van der Waals surface area (Å²) < 4.78 is 40.1. The second-order valence-corrected chi connectivity index (χ2v) is 11.1. The molecule has 38 heavy (non-hydrogen) atoms. The molecule has 4 unspecified atom stereocenters. The Morgan fingerprint density at radius 2 is 1.26 bits per heavy atom. The summed E-state index contributed by atoms with van der Waals surface area (Å²) in [5.41, 5.74) is 1.16. The molecule has 0 spiro atoms. The van der Waals surface area contributed by atoms with E-state index in [1.165, 1.54) is 37.0 Å².